The lowest BCUT2D eigenvalue weighted by atomic mass is 9.82. The molecular formula is C26H19F3N2O. The fraction of sp³-hybridized carbons (Fsp3) is 0.115. The molecule has 0 amide bonds. The zero-order valence-electron chi connectivity index (χ0n) is 17.1. The van der Waals surface area contributed by atoms with Gasteiger partial charge in [0.15, 0.2) is 0 Å². The number of halogens is 3. The van der Waals surface area contributed by atoms with Crippen molar-refractivity contribution in [2.24, 2.45) is 0 Å². The molecule has 4 aromatic carbocycles. The number of aliphatic hydroxyl groups is 1. The van der Waals surface area contributed by atoms with Crippen molar-refractivity contribution < 1.29 is 18.3 Å². The Hall–Kier alpha value is -3.64. The Bertz CT molecular complexity index is 1440. The molecule has 6 heteroatoms. The van der Waals surface area contributed by atoms with E-state index in [4.69, 9.17) is 0 Å². The van der Waals surface area contributed by atoms with Crippen molar-refractivity contribution in [1.29, 1.82) is 0 Å². The Kier molecular flexibility index (Phi) is 4.57. The molecule has 1 aromatic heterocycles. The van der Waals surface area contributed by atoms with E-state index in [0.717, 1.165) is 11.3 Å². The Morgan fingerprint density at radius 1 is 0.812 bits per heavy atom. The summed E-state index contributed by atoms with van der Waals surface area (Å²) in [5.41, 5.74) is -1.33. The number of aromatic nitrogens is 2. The molecule has 1 heterocycles. The summed E-state index contributed by atoms with van der Waals surface area (Å²) in [5.74, 6) is 0. The minimum atomic E-state index is -4.94. The summed E-state index contributed by atoms with van der Waals surface area (Å²) in [6, 6.07) is 23.4. The molecule has 0 bridgehead atoms. The van der Waals surface area contributed by atoms with E-state index in [1.807, 2.05) is 37.3 Å². The highest BCUT2D eigenvalue weighted by molar-refractivity contribution is 5.90. The third-order valence-corrected chi connectivity index (χ3v) is 5.93. The van der Waals surface area contributed by atoms with E-state index in [1.54, 1.807) is 41.1 Å². The first-order valence-corrected chi connectivity index (χ1v) is 10.1. The van der Waals surface area contributed by atoms with Gasteiger partial charge in [0.2, 0.25) is 5.60 Å². The van der Waals surface area contributed by atoms with Crippen molar-refractivity contribution in [3.63, 3.8) is 0 Å². The van der Waals surface area contributed by atoms with Crippen LogP contribution >= 0.6 is 0 Å². The van der Waals surface area contributed by atoms with Crippen LogP contribution in [0.3, 0.4) is 0 Å². The molecule has 1 N–H and O–H groups in total. The van der Waals surface area contributed by atoms with Crippen LogP contribution in [-0.2, 0) is 5.60 Å². The van der Waals surface area contributed by atoms with Crippen molar-refractivity contribution in [1.82, 2.24) is 9.78 Å². The van der Waals surface area contributed by atoms with E-state index < -0.39 is 11.8 Å². The maximum absolute atomic E-state index is 14.5. The summed E-state index contributed by atoms with van der Waals surface area (Å²) in [7, 11) is 0. The topological polar surface area (TPSA) is 38.1 Å². The van der Waals surface area contributed by atoms with Gasteiger partial charge in [-0.3, -0.25) is 0 Å². The molecule has 5 aromatic rings. The summed E-state index contributed by atoms with van der Waals surface area (Å²) >= 11 is 0. The first kappa shape index (κ1) is 20.3. The van der Waals surface area contributed by atoms with E-state index in [2.05, 4.69) is 5.10 Å². The number of fused-ring (bicyclic) bond motifs is 2. The van der Waals surface area contributed by atoms with Gasteiger partial charge >= 0.3 is 6.18 Å². The number of alkyl halides is 3. The molecule has 160 valence electrons. The van der Waals surface area contributed by atoms with Crippen LogP contribution in [0.2, 0.25) is 0 Å². The van der Waals surface area contributed by atoms with Crippen LogP contribution in [0, 0.1) is 6.92 Å². The summed E-state index contributed by atoms with van der Waals surface area (Å²) in [5, 5.41) is 17.2. The minimum absolute atomic E-state index is 0.194. The quantitative estimate of drug-likeness (QED) is 0.364. The maximum Gasteiger partial charge on any atom is 0.425 e. The van der Waals surface area contributed by atoms with Crippen LogP contribution in [0.4, 0.5) is 13.2 Å². The first-order valence-electron chi connectivity index (χ1n) is 10.1. The molecule has 0 spiro atoms. The molecule has 1 unspecified atom stereocenters. The summed E-state index contributed by atoms with van der Waals surface area (Å²) in [4.78, 5) is 0. The Labute approximate surface area is 182 Å². The second kappa shape index (κ2) is 7.21. The minimum Gasteiger partial charge on any atom is -0.372 e. The third kappa shape index (κ3) is 2.99. The highest BCUT2D eigenvalue weighted by Gasteiger charge is 2.57. The number of rotatable bonds is 3. The molecule has 1 atom stereocenters. The zero-order chi connectivity index (χ0) is 22.5. The predicted molar refractivity (Wildman–Crippen MR) is 119 cm³/mol. The average Bonchev–Trinajstić information content (AvgIpc) is 3.22. The highest BCUT2D eigenvalue weighted by atomic mass is 19.4. The lowest BCUT2D eigenvalue weighted by molar-refractivity contribution is -0.247. The van der Waals surface area contributed by atoms with Gasteiger partial charge < -0.3 is 5.11 Å². The van der Waals surface area contributed by atoms with Crippen LogP contribution in [-0.4, -0.2) is 21.1 Å². The van der Waals surface area contributed by atoms with Gasteiger partial charge in [0.05, 0.1) is 17.4 Å². The van der Waals surface area contributed by atoms with Crippen molar-refractivity contribution in [2.45, 2.75) is 18.7 Å². The van der Waals surface area contributed by atoms with Crippen LogP contribution in [0.25, 0.3) is 27.4 Å². The second-order valence-corrected chi connectivity index (χ2v) is 7.85. The highest BCUT2D eigenvalue weighted by Crippen LogP contribution is 2.47. The number of nitrogens with zero attached hydrogens (tertiary/aromatic N) is 2. The molecule has 0 saturated carbocycles. The molecule has 0 aliphatic carbocycles. The molecule has 5 rings (SSSR count). The molecule has 0 fully saturated rings. The van der Waals surface area contributed by atoms with Gasteiger partial charge in [-0.2, -0.15) is 18.3 Å². The van der Waals surface area contributed by atoms with Crippen LogP contribution in [0.1, 0.15) is 16.7 Å². The Morgan fingerprint density at radius 3 is 2.22 bits per heavy atom. The molecule has 0 radical (unpaired) electrons. The standard InChI is InChI=1S/C26H19F3N2O/c1-17-11-13-23(22-10-6-5-9-21(17)22)25(32,26(27,28)29)19-12-14-24-18(15-19)16-30-31(24)20-7-3-2-4-8-20/h2-16,32H,1H3. The molecule has 0 saturated heterocycles. The van der Waals surface area contributed by atoms with Gasteiger partial charge in [0.1, 0.15) is 0 Å². The van der Waals surface area contributed by atoms with Crippen molar-refractivity contribution in [3.8, 4) is 5.69 Å². The number of aryl methyl sites for hydroxylation is 1. The van der Waals surface area contributed by atoms with Gasteiger partial charge in [0.25, 0.3) is 0 Å². The SMILES string of the molecule is Cc1ccc(C(O)(c2ccc3c(cnn3-c3ccccc3)c2)C(F)(F)F)c2ccccc12. The molecule has 0 aliphatic rings. The predicted octanol–water partition coefficient (Wildman–Crippen LogP) is 6.29. The fourth-order valence-corrected chi connectivity index (χ4v) is 4.27. The van der Waals surface area contributed by atoms with Gasteiger partial charge in [-0.15, -0.1) is 0 Å². The van der Waals surface area contributed by atoms with Crippen molar-refractivity contribution in [3.05, 3.63) is 108 Å². The molecular weight excluding hydrogens is 413 g/mol. The second-order valence-electron chi connectivity index (χ2n) is 7.85. The monoisotopic (exact) mass is 432 g/mol. The summed E-state index contributed by atoms with van der Waals surface area (Å²) in [6.45, 7) is 1.84. The third-order valence-electron chi connectivity index (χ3n) is 5.93. The smallest absolute Gasteiger partial charge is 0.372 e. The summed E-state index contributed by atoms with van der Waals surface area (Å²) in [6.07, 6.45) is -3.43. The van der Waals surface area contributed by atoms with E-state index >= 15 is 0 Å². The van der Waals surface area contributed by atoms with Gasteiger partial charge in [-0.25, -0.2) is 4.68 Å². The van der Waals surface area contributed by atoms with Crippen LogP contribution < -0.4 is 0 Å². The summed E-state index contributed by atoms with van der Waals surface area (Å²) < 4.78 is 45.2. The zero-order valence-corrected chi connectivity index (χ0v) is 17.1. The van der Waals surface area contributed by atoms with Gasteiger partial charge in [-0.1, -0.05) is 60.7 Å². The van der Waals surface area contributed by atoms with Crippen LogP contribution in [0.15, 0.2) is 91.1 Å². The van der Waals surface area contributed by atoms with E-state index in [0.29, 0.717) is 21.7 Å². The molecule has 0 aliphatic heterocycles. The largest absolute Gasteiger partial charge is 0.425 e. The van der Waals surface area contributed by atoms with E-state index in [-0.39, 0.29) is 11.1 Å². The average molecular weight is 432 g/mol. The fourth-order valence-electron chi connectivity index (χ4n) is 4.27. The normalized spacial score (nSPS) is 14.0. The Morgan fingerprint density at radius 2 is 1.50 bits per heavy atom. The van der Waals surface area contributed by atoms with E-state index in [9.17, 15) is 18.3 Å². The number of benzene rings is 4. The van der Waals surface area contributed by atoms with Crippen molar-refractivity contribution >= 4 is 21.7 Å². The van der Waals surface area contributed by atoms with Crippen molar-refractivity contribution in [2.75, 3.05) is 0 Å². The first-order chi connectivity index (χ1) is 15.3. The lowest BCUT2D eigenvalue weighted by Crippen LogP contribution is -2.43. The molecule has 3 nitrogen and oxygen atoms in total. The number of para-hydroxylation sites is 1. The van der Waals surface area contributed by atoms with Crippen LogP contribution in [0.5, 0.6) is 0 Å². The number of hydrogen-bond acceptors (Lipinski definition) is 2. The van der Waals surface area contributed by atoms with E-state index in [1.165, 1.54) is 24.4 Å². The number of hydrogen-bond donors (Lipinski definition) is 1. The maximum atomic E-state index is 14.5. The molecule has 32 heavy (non-hydrogen) atoms. The van der Waals surface area contributed by atoms with Gasteiger partial charge in [-0.05, 0) is 53.1 Å². The van der Waals surface area contributed by atoms with Gasteiger partial charge in [0, 0.05) is 10.9 Å². The lowest BCUT2D eigenvalue weighted by Gasteiger charge is -2.33. The Balaban J connectivity index is 1.74.